The Morgan fingerprint density at radius 2 is 1.76 bits per heavy atom. The molecule has 1 saturated heterocycles. The van der Waals surface area contributed by atoms with E-state index >= 15 is 0 Å². The summed E-state index contributed by atoms with van der Waals surface area (Å²) in [5.41, 5.74) is 8.68. The largest absolute Gasteiger partial charge is 0.457 e. The van der Waals surface area contributed by atoms with Gasteiger partial charge in [-0.1, -0.05) is 43.5 Å². The highest BCUT2D eigenvalue weighted by atomic mass is 16.5. The van der Waals surface area contributed by atoms with E-state index in [1.54, 1.807) is 6.08 Å². The number of ether oxygens (including phenoxy) is 1. The number of likely N-dealkylation sites (N-methyl/N-ethyl adjacent to an activating group) is 1. The fourth-order valence-electron chi connectivity index (χ4n) is 6.21. The van der Waals surface area contributed by atoms with Crippen molar-refractivity contribution in [1.29, 1.82) is 0 Å². The fraction of sp³-hybridized carbons (Fsp3) is 0.394. The molecule has 1 saturated carbocycles. The molecular weight excluding hydrogens is 526 g/mol. The monoisotopic (exact) mass is 565 g/mol. The molecule has 0 spiro atoms. The van der Waals surface area contributed by atoms with E-state index in [1.165, 1.54) is 38.4 Å². The minimum atomic E-state index is -0.00718. The maximum Gasteiger partial charge on any atom is 0.246 e. The summed E-state index contributed by atoms with van der Waals surface area (Å²) in [6, 6.07) is 18.1. The van der Waals surface area contributed by atoms with Crippen LogP contribution in [0.15, 0.2) is 73.1 Å². The Bertz CT molecular complexity index is 1530. The Hall–Kier alpha value is -4.24. The van der Waals surface area contributed by atoms with E-state index in [2.05, 4.69) is 21.9 Å². The number of likely N-dealkylation sites (tertiary alicyclic amines) is 1. The van der Waals surface area contributed by atoms with Gasteiger partial charge in [0.25, 0.3) is 0 Å². The number of benzene rings is 2. The van der Waals surface area contributed by atoms with Gasteiger partial charge in [-0.25, -0.2) is 14.6 Å². The molecule has 3 heterocycles. The molecule has 2 aromatic carbocycles. The lowest BCUT2D eigenvalue weighted by atomic mass is 9.94. The second-order valence-electron chi connectivity index (χ2n) is 11.4. The van der Waals surface area contributed by atoms with E-state index in [9.17, 15) is 4.79 Å². The van der Waals surface area contributed by atoms with Crippen LogP contribution in [-0.4, -0.2) is 68.2 Å². The molecule has 4 aromatic rings. The molecule has 2 aromatic heterocycles. The zero-order chi connectivity index (χ0) is 28.9. The van der Waals surface area contributed by atoms with Crippen molar-refractivity contribution in [3.63, 3.8) is 0 Å². The number of piperidine rings is 1. The van der Waals surface area contributed by atoms with Gasteiger partial charge < -0.3 is 15.4 Å². The summed E-state index contributed by atoms with van der Waals surface area (Å²) in [5, 5.41) is 5.74. The van der Waals surface area contributed by atoms with Crippen LogP contribution in [0.3, 0.4) is 0 Å². The molecule has 0 radical (unpaired) electrons. The topological polar surface area (TPSA) is 102 Å². The first-order valence-corrected chi connectivity index (χ1v) is 15.0. The molecule has 2 N–H and O–H groups in total. The Balaban J connectivity index is 1.18. The SMILES string of the molecule is CN(CC=CC(=O)N1CCCC(n2nc(-c3ccc(Oc4ccccc4)cc3)c3c(N)ncnc32)C1)C1CCCCC1. The van der Waals surface area contributed by atoms with E-state index in [0.29, 0.717) is 24.1 Å². The maximum absolute atomic E-state index is 13.2. The molecule has 2 aliphatic rings. The molecule has 1 atom stereocenters. The van der Waals surface area contributed by atoms with Crippen LogP contribution in [0.5, 0.6) is 11.5 Å². The van der Waals surface area contributed by atoms with Gasteiger partial charge in [0.15, 0.2) is 5.65 Å². The quantitative estimate of drug-likeness (QED) is 0.267. The number of para-hydroxylation sites is 1. The average molecular weight is 566 g/mol. The van der Waals surface area contributed by atoms with Crippen LogP contribution in [0.4, 0.5) is 5.82 Å². The van der Waals surface area contributed by atoms with Crippen LogP contribution in [0.25, 0.3) is 22.3 Å². The molecule has 6 rings (SSSR count). The van der Waals surface area contributed by atoms with Gasteiger partial charge in [0, 0.05) is 37.3 Å². The van der Waals surface area contributed by atoms with E-state index in [-0.39, 0.29) is 11.9 Å². The minimum absolute atomic E-state index is 0.00718. The number of nitrogens with two attached hydrogens (primary N) is 1. The molecule has 9 nitrogen and oxygen atoms in total. The molecule has 1 unspecified atom stereocenters. The van der Waals surface area contributed by atoms with E-state index < -0.39 is 0 Å². The summed E-state index contributed by atoms with van der Waals surface area (Å²) in [5.74, 6) is 1.95. The highest BCUT2D eigenvalue weighted by Crippen LogP contribution is 2.35. The lowest BCUT2D eigenvalue weighted by Crippen LogP contribution is -2.40. The summed E-state index contributed by atoms with van der Waals surface area (Å²) in [6.45, 7) is 2.11. The zero-order valence-corrected chi connectivity index (χ0v) is 24.2. The van der Waals surface area contributed by atoms with Gasteiger partial charge in [-0.05, 0) is 69.1 Å². The van der Waals surface area contributed by atoms with E-state index in [4.69, 9.17) is 15.6 Å². The van der Waals surface area contributed by atoms with Crippen molar-refractivity contribution < 1.29 is 9.53 Å². The average Bonchev–Trinajstić information content (AvgIpc) is 3.43. The lowest BCUT2D eigenvalue weighted by Gasteiger charge is -2.32. The van der Waals surface area contributed by atoms with Crippen molar-refractivity contribution in [3.8, 4) is 22.8 Å². The second-order valence-corrected chi connectivity index (χ2v) is 11.4. The third-order valence-electron chi connectivity index (χ3n) is 8.53. The zero-order valence-electron chi connectivity index (χ0n) is 24.2. The van der Waals surface area contributed by atoms with Gasteiger partial charge in [-0.3, -0.25) is 9.69 Å². The van der Waals surface area contributed by atoms with Crippen molar-refractivity contribution in [2.45, 2.75) is 57.0 Å². The van der Waals surface area contributed by atoms with Crippen LogP contribution in [0.2, 0.25) is 0 Å². The van der Waals surface area contributed by atoms with Crippen molar-refractivity contribution in [3.05, 3.63) is 73.1 Å². The van der Waals surface area contributed by atoms with Crippen LogP contribution in [0.1, 0.15) is 51.0 Å². The third-order valence-corrected chi connectivity index (χ3v) is 8.53. The number of rotatable bonds is 8. The molecule has 1 amide bonds. The summed E-state index contributed by atoms with van der Waals surface area (Å²) in [6.07, 6.45) is 13.5. The van der Waals surface area contributed by atoms with Crippen LogP contribution >= 0.6 is 0 Å². The standard InChI is InChI=1S/C33H39N7O2/c1-38(25-10-4-2-5-11-25)20-9-15-29(41)39-21-8-12-26(22-39)40-33-30(32(34)35-23-36-33)31(37-40)24-16-18-28(19-17-24)42-27-13-6-3-7-14-27/h3,6-7,9,13-19,23,25-26H,2,4-5,8,10-12,20-22H2,1H3,(H2,34,35,36). The number of carbonyl (C=O) groups excluding carboxylic acids is 1. The van der Waals surface area contributed by atoms with Gasteiger partial charge in [0.1, 0.15) is 29.3 Å². The number of aromatic nitrogens is 4. The first-order valence-electron chi connectivity index (χ1n) is 15.0. The Morgan fingerprint density at radius 1 is 1.00 bits per heavy atom. The third kappa shape index (κ3) is 6.16. The van der Waals surface area contributed by atoms with Crippen molar-refractivity contribution in [1.82, 2.24) is 29.5 Å². The molecule has 1 aliphatic heterocycles. The predicted molar refractivity (Wildman–Crippen MR) is 165 cm³/mol. The van der Waals surface area contributed by atoms with Gasteiger partial charge in [-0.15, -0.1) is 0 Å². The summed E-state index contributed by atoms with van der Waals surface area (Å²) in [4.78, 5) is 26.3. The van der Waals surface area contributed by atoms with Crippen LogP contribution in [-0.2, 0) is 4.79 Å². The van der Waals surface area contributed by atoms with Gasteiger partial charge >= 0.3 is 0 Å². The molecule has 42 heavy (non-hydrogen) atoms. The second kappa shape index (κ2) is 12.7. The van der Waals surface area contributed by atoms with Crippen LogP contribution < -0.4 is 10.5 Å². The van der Waals surface area contributed by atoms with E-state index in [0.717, 1.165) is 54.1 Å². The Labute approximate surface area is 247 Å². The number of nitrogen functional groups attached to an aromatic ring is 1. The van der Waals surface area contributed by atoms with Gasteiger partial charge in [0.2, 0.25) is 5.91 Å². The summed E-state index contributed by atoms with van der Waals surface area (Å²) in [7, 11) is 2.17. The normalized spacial score (nSPS) is 18.2. The molecule has 0 bridgehead atoms. The van der Waals surface area contributed by atoms with Crippen molar-refractivity contribution in [2.75, 3.05) is 32.4 Å². The van der Waals surface area contributed by atoms with Crippen molar-refractivity contribution in [2.24, 2.45) is 0 Å². The number of fused-ring (bicyclic) bond motifs is 1. The van der Waals surface area contributed by atoms with Crippen molar-refractivity contribution >= 4 is 22.8 Å². The van der Waals surface area contributed by atoms with Gasteiger partial charge in [0.05, 0.1) is 11.4 Å². The highest BCUT2D eigenvalue weighted by molar-refractivity contribution is 5.98. The van der Waals surface area contributed by atoms with E-state index in [1.807, 2.05) is 70.3 Å². The maximum atomic E-state index is 13.2. The molecule has 218 valence electrons. The number of nitrogens with zero attached hydrogens (tertiary/aromatic N) is 6. The molecule has 1 aliphatic carbocycles. The number of hydrogen-bond donors (Lipinski definition) is 1. The smallest absolute Gasteiger partial charge is 0.246 e. The van der Waals surface area contributed by atoms with Gasteiger partial charge in [-0.2, -0.15) is 5.10 Å². The fourth-order valence-corrected chi connectivity index (χ4v) is 6.21. The molecular formula is C33H39N7O2. The summed E-state index contributed by atoms with van der Waals surface area (Å²) < 4.78 is 7.91. The Kier molecular flexibility index (Phi) is 8.46. The van der Waals surface area contributed by atoms with Crippen LogP contribution in [0, 0.1) is 0 Å². The number of carbonyl (C=O) groups is 1. The molecule has 9 heteroatoms. The minimum Gasteiger partial charge on any atom is -0.457 e. The number of amides is 1. The first-order chi connectivity index (χ1) is 20.6. The number of hydrogen-bond acceptors (Lipinski definition) is 7. The molecule has 2 fully saturated rings. The Morgan fingerprint density at radius 3 is 2.55 bits per heavy atom. The highest BCUT2D eigenvalue weighted by Gasteiger charge is 2.28. The first kappa shape index (κ1) is 27.9. The number of anilines is 1. The summed E-state index contributed by atoms with van der Waals surface area (Å²) >= 11 is 0. The predicted octanol–water partition coefficient (Wildman–Crippen LogP) is 5.85. The lowest BCUT2D eigenvalue weighted by molar-refractivity contribution is -0.127.